The number of fused-ring (bicyclic) bond motifs is 1. The molecule has 0 aromatic carbocycles. The van der Waals surface area contributed by atoms with E-state index in [4.69, 9.17) is 0 Å². The Labute approximate surface area is 105 Å². The molecule has 0 saturated heterocycles. The first-order valence-corrected chi connectivity index (χ1v) is 5.91. The smallest absolute Gasteiger partial charge is 0.238 e. The molecule has 0 aliphatic rings. The van der Waals surface area contributed by atoms with Gasteiger partial charge in [-0.05, 0) is 19.5 Å². The minimum atomic E-state index is -0.0699. The molecule has 2 N–H and O–H groups in total. The van der Waals surface area contributed by atoms with Crippen molar-refractivity contribution in [2.75, 3.05) is 18.4 Å². The molecule has 6 heteroatoms. The lowest BCUT2D eigenvalue weighted by molar-refractivity contribution is -0.115. The van der Waals surface area contributed by atoms with Gasteiger partial charge in [0.1, 0.15) is 0 Å². The standard InChI is InChI=1S/C12H17N5O/c1-4-13-7-11(18)15-9-5-10-8(2)16-17(3)12(10)14-6-9/h5-6,13H,4,7H2,1-3H3,(H,15,18). The maximum Gasteiger partial charge on any atom is 0.238 e. The molecule has 96 valence electrons. The second kappa shape index (κ2) is 5.14. The molecular weight excluding hydrogens is 230 g/mol. The van der Waals surface area contributed by atoms with Crippen LogP contribution in [0.15, 0.2) is 12.3 Å². The SMILES string of the molecule is CCNCC(=O)Nc1cnc2c(c1)c(C)nn2C. The molecule has 2 heterocycles. The zero-order chi connectivity index (χ0) is 13.1. The zero-order valence-corrected chi connectivity index (χ0v) is 10.8. The Morgan fingerprint density at radius 1 is 1.50 bits per heavy atom. The summed E-state index contributed by atoms with van der Waals surface area (Å²) in [5.41, 5.74) is 2.42. The fourth-order valence-electron chi connectivity index (χ4n) is 1.82. The van der Waals surface area contributed by atoms with Crippen LogP contribution in [-0.4, -0.2) is 33.8 Å². The van der Waals surface area contributed by atoms with Crippen molar-refractivity contribution in [1.29, 1.82) is 0 Å². The number of carbonyl (C=O) groups excluding carboxylic acids is 1. The molecule has 0 bridgehead atoms. The van der Waals surface area contributed by atoms with Crippen LogP contribution in [0.1, 0.15) is 12.6 Å². The number of amides is 1. The van der Waals surface area contributed by atoms with Crippen molar-refractivity contribution in [3.63, 3.8) is 0 Å². The average molecular weight is 247 g/mol. The van der Waals surface area contributed by atoms with Gasteiger partial charge in [-0.25, -0.2) is 4.98 Å². The van der Waals surface area contributed by atoms with Gasteiger partial charge < -0.3 is 10.6 Å². The third kappa shape index (κ3) is 2.48. The van der Waals surface area contributed by atoms with Crippen molar-refractivity contribution in [2.45, 2.75) is 13.8 Å². The highest BCUT2D eigenvalue weighted by molar-refractivity contribution is 5.94. The lowest BCUT2D eigenvalue weighted by Gasteiger charge is -2.05. The van der Waals surface area contributed by atoms with Crippen LogP contribution in [0.4, 0.5) is 5.69 Å². The minimum absolute atomic E-state index is 0.0699. The number of rotatable bonds is 4. The number of pyridine rings is 1. The van der Waals surface area contributed by atoms with Crippen molar-refractivity contribution in [3.8, 4) is 0 Å². The van der Waals surface area contributed by atoms with E-state index in [0.29, 0.717) is 12.2 Å². The molecule has 2 rings (SSSR count). The summed E-state index contributed by atoms with van der Waals surface area (Å²) in [7, 11) is 1.85. The number of aromatic nitrogens is 3. The molecule has 0 fully saturated rings. The van der Waals surface area contributed by atoms with Crippen molar-refractivity contribution < 1.29 is 4.79 Å². The zero-order valence-electron chi connectivity index (χ0n) is 10.8. The Morgan fingerprint density at radius 3 is 3.00 bits per heavy atom. The van der Waals surface area contributed by atoms with Crippen LogP contribution >= 0.6 is 0 Å². The van der Waals surface area contributed by atoms with E-state index in [1.165, 1.54) is 0 Å². The van der Waals surface area contributed by atoms with Crippen molar-refractivity contribution in [2.24, 2.45) is 7.05 Å². The monoisotopic (exact) mass is 247 g/mol. The molecule has 0 unspecified atom stereocenters. The number of anilines is 1. The lowest BCUT2D eigenvalue weighted by atomic mass is 10.2. The van der Waals surface area contributed by atoms with Crippen LogP contribution < -0.4 is 10.6 Å². The molecule has 0 saturated carbocycles. The number of hydrogen-bond acceptors (Lipinski definition) is 4. The summed E-state index contributed by atoms with van der Waals surface area (Å²) in [6.45, 7) is 4.96. The van der Waals surface area contributed by atoms with Crippen LogP contribution in [0.5, 0.6) is 0 Å². The number of nitrogens with zero attached hydrogens (tertiary/aromatic N) is 3. The van der Waals surface area contributed by atoms with Gasteiger partial charge >= 0.3 is 0 Å². The predicted octanol–water partition coefficient (Wildman–Crippen LogP) is 0.825. The van der Waals surface area contributed by atoms with E-state index in [9.17, 15) is 4.79 Å². The fraction of sp³-hybridized carbons (Fsp3) is 0.417. The Morgan fingerprint density at radius 2 is 2.28 bits per heavy atom. The van der Waals surface area contributed by atoms with E-state index in [-0.39, 0.29) is 5.91 Å². The van der Waals surface area contributed by atoms with Crippen LogP contribution in [0.3, 0.4) is 0 Å². The van der Waals surface area contributed by atoms with E-state index in [1.807, 2.05) is 27.0 Å². The summed E-state index contributed by atoms with van der Waals surface area (Å²) in [6.07, 6.45) is 1.65. The molecule has 0 aliphatic carbocycles. The first-order chi connectivity index (χ1) is 8.61. The number of carbonyl (C=O) groups is 1. The van der Waals surface area contributed by atoms with Crippen LogP contribution in [0, 0.1) is 6.92 Å². The summed E-state index contributed by atoms with van der Waals surface area (Å²) in [6, 6.07) is 1.90. The van der Waals surface area contributed by atoms with Gasteiger partial charge in [-0.1, -0.05) is 6.92 Å². The van der Waals surface area contributed by atoms with Gasteiger partial charge in [0, 0.05) is 12.4 Å². The quantitative estimate of drug-likeness (QED) is 0.839. The summed E-state index contributed by atoms with van der Waals surface area (Å²) < 4.78 is 1.73. The van der Waals surface area contributed by atoms with Crippen molar-refractivity contribution in [1.82, 2.24) is 20.1 Å². The number of likely N-dealkylation sites (N-methyl/N-ethyl adjacent to an activating group) is 1. The minimum Gasteiger partial charge on any atom is -0.324 e. The highest BCUT2D eigenvalue weighted by Crippen LogP contribution is 2.18. The van der Waals surface area contributed by atoms with Crippen molar-refractivity contribution >= 4 is 22.6 Å². The Hall–Kier alpha value is -1.95. The predicted molar refractivity (Wildman–Crippen MR) is 70.4 cm³/mol. The number of nitrogens with one attached hydrogen (secondary N) is 2. The summed E-state index contributed by atoms with van der Waals surface area (Å²) >= 11 is 0. The third-order valence-electron chi connectivity index (χ3n) is 2.68. The molecule has 0 spiro atoms. The normalized spacial score (nSPS) is 10.8. The van der Waals surface area contributed by atoms with Crippen molar-refractivity contribution in [3.05, 3.63) is 18.0 Å². The topological polar surface area (TPSA) is 71.8 Å². The average Bonchev–Trinajstić information content (AvgIpc) is 2.62. The van der Waals surface area contributed by atoms with E-state index in [1.54, 1.807) is 10.9 Å². The van der Waals surface area contributed by atoms with E-state index in [0.717, 1.165) is 23.3 Å². The molecule has 18 heavy (non-hydrogen) atoms. The molecule has 0 radical (unpaired) electrons. The Balaban J connectivity index is 2.20. The molecule has 2 aromatic rings. The molecule has 6 nitrogen and oxygen atoms in total. The highest BCUT2D eigenvalue weighted by atomic mass is 16.1. The van der Waals surface area contributed by atoms with Gasteiger partial charge in [-0.3, -0.25) is 9.48 Å². The second-order valence-electron chi connectivity index (χ2n) is 4.13. The first kappa shape index (κ1) is 12.5. The number of aryl methyl sites for hydroxylation is 2. The van der Waals surface area contributed by atoms with Gasteiger partial charge in [0.25, 0.3) is 0 Å². The first-order valence-electron chi connectivity index (χ1n) is 5.91. The van der Waals surface area contributed by atoms with Gasteiger partial charge in [0.2, 0.25) is 5.91 Å². The van der Waals surface area contributed by atoms with E-state index >= 15 is 0 Å². The van der Waals surface area contributed by atoms with E-state index in [2.05, 4.69) is 20.7 Å². The summed E-state index contributed by atoms with van der Waals surface area (Å²) in [5, 5.41) is 11.0. The van der Waals surface area contributed by atoms with Gasteiger partial charge in [-0.2, -0.15) is 5.10 Å². The third-order valence-corrected chi connectivity index (χ3v) is 2.68. The van der Waals surface area contributed by atoms with Gasteiger partial charge in [-0.15, -0.1) is 0 Å². The van der Waals surface area contributed by atoms with Gasteiger partial charge in [0.05, 0.1) is 24.1 Å². The van der Waals surface area contributed by atoms with E-state index < -0.39 is 0 Å². The lowest BCUT2D eigenvalue weighted by Crippen LogP contribution is -2.27. The van der Waals surface area contributed by atoms with Crippen LogP contribution in [0.25, 0.3) is 11.0 Å². The fourth-order valence-corrected chi connectivity index (χ4v) is 1.82. The maximum atomic E-state index is 11.6. The summed E-state index contributed by atoms with van der Waals surface area (Å²) in [4.78, 5) is 15.9. The molecule has 0 atom stereocenters. The molecule has 0 aliphatic heterocycles. The number of hydrogen-bond donors (Lipinski definition) is 2. The molecule has 2 aromatic heterocycles. The molecular formula is C12H17N5O. The van der Waals surface area contributed by atoms with Crippen LogP contribution in [0.2, 0.25) is 0 Å². The highest BCUT2D eigenvalue weighted by Gasteiger charge is 2.08. The van der Waals surface area contributed by atoms with Crippen LogP contribution in [-0.2, 0) is 11.8 Å². The Kier molecular flexibility index (Phi) is 3.57. The summed E-state index contributed by atoms with van der Waals surface area (Å²) in [5.74, 6) is -0.0699. The second-order valence-corrected chi connectivity index (χ2v) is 4.13. The largest absolute Gasteiger partial charge is 0.324 e. The maximum absolute atomic E-state index is 11.6. The van der Waals surface area contributed by atoms with Gasteiger partial charge in [0.15, 0.2) is 5.65 Å². The molecule has 1 amide bonds. The Bertz CT molecular complexity index is 575.